The zero-order valence-corrected chi connectivity index (χ0v) is 11.4. The normalized spacial score (nSPS) is 12.6. The second-order valence-corrected chi connectivity index (χ2v) is 4.76. The first-order valence-corrected chi connectivity index (χ1v) is 6.74. The summed E-state index contributed by atoms with van der Waals surface area (Å²) in [6.07, 6.45) is 2.89. The molecular weight excluding hydrogens is 259 g/mol. The molecule has 0 radical (unpaired) electrons. The number of nitrogens with one attached hydrogen (secondary N) is 1. The lowest BCUT2D eigenvalue weighted by Gasteiger charge is -2.18. The maximum absolute atomic E-state index is 13.2. The van der Waals surface area contributed by atoms with Gasteiger partial charge in [0.05, 0.1) is 18.2 Å². The van der Waals surface area contributed by atoms with Crippen LogP contribution in [0.3, 0.4) is 0 Å². The number of benzene rings is 1. The minimum Gasteiger partial charge on any atom is -0.394 e. The average Bonchev–Trinajstić information content (AvgIpc) is 2.42. The molecule has 1 heterocycles. The highest BCUT2D eigenvalue weighted by Crippen LogP contribution is 2.23. The largest absolute Gasteiger partial charge is 0.394 e. The van der Waals surface area contributed by atoms with E-state index in [1.54, 1.807) is 6.07 Å². The summed E-state index contributed by atoms with van der Waals surface area (Å²) in [7, 11) is 0. The molecule has 1 aromatic carbocycles. The number of nitrogen functional groups attached to an aromatic ring is 1. The van der Waals surface area contributed by atoms with Gasteiger partial charge in [0, 0.05) is 11.5 Å². The van der Waals surface area contributed by atoms with Crippen molar-refractivity contribution in [3.05, 3.63) is 24.0 Å². The first kappa shape index (κ1) is 14.5. The summed E-state index contributed by atoms with van der Waals surface area (Å²) in [4.78, 5) is 8.17. The zero-order chi connectivity index (χ0) is 14.5. The van der Waals surface area contributed by atoms with E-state index >= 15 is 0 Å². The number of fused-ring (bicyclic) bond motifs is 1. The quantitative estimate of drug-likeness (QED) is 0.755. The summed E-state index contributed by atoms with van der Waals surface area (Å²) >= 11 is 0. The summed E-state index contributed by atoms with van der Waals surface area (Å²) in [5, 5.41) is 13.3. The number of halogens is 1. The van der Waals surface area contributed by atoms with Crippen molar-refractivity contribution in [2.75, 3.05) is 17.7 Å². The van der Waals surface area contributed by atoms with Gasteiger partial charge in [-0.3, -0.25) is 0 Å². The number of aromatic nitrogens is 2. The summed E-state index contributed by atoms with van der Waals surface area (Å²) in [5.41, 5.74) is 6.10. The lowest BCUT2D eigenvalue weighted by Crippen LogP contribution is -2.24. The second kappa shape index (κ2) is 6.47. The van der Waals surface area contributed by atoms with E-state index in [9.17, 15) is 9.50 Å². The monoisotopic (exact) mass is 278 g/mol. The van der Waals surface area contributed by atoms with Crippen LogP contribution in [0.1, 0.15) is 26.2 Å². The Hall–Kier alpha value is -1.95. The van der Waals surface area contributed by atoms with Gasteiger partial charge in [-0.1, -0.05) is 19.8 Å². The fraction of sp³-hybridized carbons (Fsp3) is 0.429. The van der Waals surface area contributed by atoms with Crippen LogP contribution >= 0.6 is 0 Å². The number of aliphatic hydroxyl groups is 1. The minimum absolute atomic E-state index is 0.00654. The highest BCUT2D eigenvalue weighted by molar-refractivity contribution is 5.90. The highest BCUT2D eigenvalue weighted by atomic mass is 19.1. The fourth-order valence-electron chi connectivity index (χ4n) is 2.08. The number of rotatable bonds is 6. The number of nitrogens with zero attached hydrogens (tertiary/aromatic N) is 2. The molecule has 4 N–H and O–H groups in total. The van der Waals surface area contributed by atoms with Gasteiger partial charge >= 0.3 is 0 Å². The number of nitrogens with two attached hydrogens (primary N) is 1. The van der Waals surface area contributed by atoms with Crippen LogP contribution in [0.5, 0.6) is 0 Å². The fourth-order valence-corrected chi connectivity index (χ4v) is 2.08. The molecule has 0 fully saturated rings. The molecule has 0 aliphatic heterocycles. The molecule has 2 rings (SSSR count). The summed E-state index contributed by atoms with van der Waals surface area (Å²) in [5.74, 6) is 0.242. The predicted octanol–water partition coefficient (Wildman–Crippen LogP) is 2.31. The van der Waals surface area contributed by atoms with E-state index in [4.69, 9.17) is 5.73 Å². The zero-order valence-electron chi connectivity index (χ0n) is 11.4. The number of hydrogen-bond acceptors (Lipinski definition) is 5. The molecule has 0 aliphatic carbocycles. The van der Waals surface area contributed by atoms with Gasteiger partial charge in [0.15, 0.2) is 0 Å². The van der Waals surface area contributed by atoms with Gasteiger partial charge in [0.2, 0.25) is 5.95 Å². The van der Waals surface area contributed by atoms with Gasteiger partial charge < -0.3 is 16.2 Å². The third kappa shape index (κ3) is 3.33. The van der Waals surface area contributed by atoms with Gasteiger partial charge in [-0.05, 0) is 18.6 Å². The second-order valence-electron chi connectivity index (χ2n) is 4.76. The van der Waals surface area contributed by atoms with E-state index in [2.05, 4.69) is 22.2 Å². The van der Waals surface area contributed by atoms with Crippen LogP contribution in [-0.2, 0) is 0 Å². The molecule has 5 nitrogen and oxygen atoms in total. The molecule has 1 atom stereocenters. The van der Waals surface area contributed by atoms with Crippen molar-refractivity contribution in [3.8, 4) is 0 Å². The summed E-state index contributed by atoms with van der Waals surface area (Å²) < 4.78 is 13.2. The van der Waals surface area contributed by atoms with Gasteiger partial charge in [-0.15, -0.1) is 0 Å². The van der Waals surface area contributed by atoms with Crippen molar-refractivity contribution < 1.29 is 9.50 Å². The van der Waals surface area contributed by atoms with E-state index in [1.165, 1.54) is 12.1 Å². The molecule has 0 spiro atoms. The Bertz CT molecular complexity index is 585. The molecule has 0 bridgehead atoms. The lowest BCUT2D eigenvalue weighted by atomic mass is 10.1. The maximum atomic E-state index is 13.2. The number of hydrogen-bond donors (Lipinski definition) is 3. The van der Waals surface area contributed by atoms with E-state index < -0.39 is 0 Å². The molecule has 0 saturated heterocycles. The average molecular weight is 278 g/mol. The van der Waals surface area contributed by atoms with Crippen LogP contribution in [0.2, 0.25) is 0 Å². The topological polar surface area (TPSA) is 84.1 Å². The molecular formula is C14H19FN4O. The van der Waals surface area contributed by atoms with Gasteiger partial charge in [-0.2, -0.15) is 4.98 Å². The first-order chi connectivity index (χ1) is 9.63. The van der Waals surface area contributed by atoms with Crippen LogP contribution in [0.4, 0.5) is 16.2 Å². The Labute approximate surface area is 117 Å². The van der Waals surface area contributed by atoms with Crippen molar-refractivity contribution in [2.24, 2.45) is 0 Å². The van der Waals surface area contributed by atoms with E-state index in [-0.39, 0.29) is 24.4 Å². The SMILES string of the molecule is CCCC[C@@H](CO)Nc1nc(N)nc2cc(F)ccc12. The van der Waals surface area contributed by atoms with Crippen LogP contribution in [0, 0.1) is 5.82 Å². The molecule has 0 amide bonds. The number of unbranched alkanes of at least 4 members (excludes halogenated alkanes) is 1. The molecule has 2 aromatic rings. The van der Waals surface area contributed by atoms with E-state index in [0.29, 0.717) is 16.7 Å². The van der Waals surface area contributed by atoms with Crippen molar-refractivity contribution in [1.29, 1.82) is 0 Å². The van der Waals surface area contributed by atoms with Crippen molar-refractivity contribution in [2.45, 2.75) is 32.2 Å². The van der Waals surface area contributed by atoms with Crippen molar-refractivity contribution >= 4 is 22.7 Å². The van der Waals surface area contributed by atoms with E-state index in [0.717, 1.165) is 19.3 Å². The Morgan fingerprint density at radius 1 is 1.40 bits per heavy atom. The molecule has 0 saturated carbocycles. The van der Waals surface area contributed by atoms with Crippen LogP contribution in [0.15, 0.2) is 18.2 Å². The van der Waals surface area contributed by atoms with Crippen molar-refractivity contribution in [3.63, 3.8) is 0 Å². The first-order valence-electron chi connectivity index (χ1n) is 6.74. The number of anilines is 2. The van der Waals surface area contributed by atoms with Crippen LogP contribution < -0.4 is 11.1 Å². The third-order valence-electron chi connectivity index (χ3n) is 3.14. The Morgan fingerprint density at radius 3 is 2.90 bits per heavy atom. The molecule has 108 valence electrons. The number of aliphatic hydroxyl groups excluding tert-OH is 1. The molecule has 0 aliphatic rings. The van der Waals surface area contributed by atoms with E-state index in [1.807, 2.05) is 0 Å². The molecule has 1 aromatic heterocycles. The smallest absolute Gasteiger partial charge is 0.222 e. The maximum Gasteiger partial charge on any atom is 0.222 e. The minimum atomic E-state index is -0.369. The van der Waals surface area contributed by atoms with Crippen molar-refractivity contribution in [1.82, 2.24) is 9.97 Å². The lowest BCUT2D eigenvalue weighted by molar-refractivity contribution is 0.267. The summed E-state index contributed by atoms with van der Waals surface area (Å²) in [6, 6.07) is 4.18. The Balaban J connectivity index is 2.32. The third-order valence-corrected chi connectivity index (χ3v) is 3.14. The Morgan fingerprint density at radius 2 is 2.20 bits per heavy atom. The predicted molar refractivity (Wildman–Crippen MR) is 77.9 cm³/mol. The van der Waals surface area contributed by atoms with Gasteiger partial charge in [0.25, 0.3) is 0 Å². The van der Waals surface area contributed by atoms with Gasteiger partial charge in [0.1, 0.15) is 11.6 Å². The van der Waals surface area contributed by atoms with Gasteiger partial charge in [-0.25, -0.2) is 9.37 Å². The highest BCUT2D eigenvalue weighted by Gasteiger charge is 2.12. The standard InChI is InChI=1S/C14H19FN4O/c1-2-3-4-10(8-20)17-13-11-6-5-9(15)7-12(11)18-14(16)19-13/h5-7,10,20H,2-4,8H2,1H3,(H3,16,17,18,19)/t10-/m0/s1. The molecule has 6 heteroatoms. The summed E-state index contributed by atoms with van der Waals surface area (Å²) in [6.45, 7) is 2.10. The molecule has 20 heavy (non-hydrogen) atoms. The van der Waals surface area contributed by atoms with Crippen LogP contribution in [0.25, 0.3) is 10.9 Å². The Kier molecular flexibility index (Phi) is 4.68. The van der Waals surface area contributed by atoms with Crippen LogP contribution in [-0.4, -0.2) is 27.7 Å². The molecule has 0 unspecified atom stereocenters.